The lowest BCUT2D eigenvalue weighted by Crippen LogP contribution is -2.46. The van der Waals surface area contributed by atoms with E-state index in [-0.39, 0.29) is 0 Å². The zero-order valence-electron chi connectivity index (χ0n) is 12.2. The number of methoxy groups -OCH3 is 1. The van der Waals surface area contributed by atoms with Crippen LogP contribution < -0.4 is 9.64 Å². The van der Waals surface area contributed by atoms with Crippen molar-refractivity contribution in [2.75, 3.05) is 44.7 Å². The first-order valence-corrected chi connectivity index (χ1v) is 7.21. The highest BCUT2D eigenvalue weighted by molar-refractivity contribution is 5.97. The van der Waals surface area contributed by atoms with E-state index in [1.807, 2.05) is 18.5 Å². The van der Waals surface area contributed by atoms with Gasteiger partial charge >= 0.3 is 0 Å². The molecular formula is C16H21N3O. The molecular weight excluding hydrogens is 250 g/mol. The number of benzene rings is 1. The lowest BCUT2D eigenvalue weighted by Gasteiger charge is -2.36. The van der Waals surface area contributed by atoms with Gasteiger partial charge in [-0.25, -0.2) is 0 Å². The third kappa shape index (κ3) is 2.31. The minimum absolute atomic E-state index is 0.915. The van der Waals surface area contributed by atoms with Gasteiger partial charge in [0.15, 0.2) is 0 Å². The third-order valence-electron chi connectivity index (χ3n) is 4.14. The van der Waals surface area contributed by atoms with Crippen LogP contribution in [-0.2, 0) is 0 Å². The van der Waals surface area contributed by atoms with Crippen LogP contribution in [-0.4, -0.2) is 49.7 Å². The zero-order chi connectivity index (χ0) is 13.9. The number of hydrogen-bond acceptors (Lipinski definition) is 4. The molecule has 0 amide bonds. The van der Waals surface area contributed by atoms with Crippen LogP contribution in [0.1, 0.15) is 6.92 Å². The van der Waals surface area contributed by atoms with Gasteiger partial charge in [0.05, 0.1) is 7.11 Å². The summed E-state index contributed by atoms with van der Waals surface area (Å²) in [4.78, 5) is 9.22. The molecule has 1 aromatic heterocycles. The van der Waals surface area contributed by atoms with Crippen LogP contribution in [0.25, 0.3) is 10.8 Å². The predicted octanol–water partition coefficient (Wildman–Crippen LogP) is 2.39. The largest absolute Gasteiger partial charge is 0.496 e. The van der Waals surface area contributed by atoms with E-state index in [1.165, 1.54) is 11.1 Å². The highest BCUT2D eigenvalue weighted by Gasteiger charge is 2.18. The summed E-state index contributed by atoms with van der Waals surface area (Å²) >= 11 is 0. The Morgan fingerprint density at radius 2 is 1.90 bits per heavy atom. The minimum atomic E-state index is 0.915. The lowest BCUT2D eigenvalue weighted by molar-refractivity contribution is 0.271. The topological polar surface area (TPSA) is 28.6 Å². The summed E-state index contributed by atoms with van der Waals surface area (Å²) in [5.41, 5.74) is 1.27. The van der Waals surface area contributed by atoms with Crippen LogP contribution in [0.5, 0.6) is 5.75 Å². The third-order valence-corrected chi connectivity index (χ3v) is 4.14. The molecule has 1 aromatic carbocycles. The average Bonchev–Trinajstić information content (AvgIpc) is 2.54. The van der Waals surface area contributed by atoms with Crippen molar-refractivity contribution >= 4 is 16.5 Å². The smallest absolute Gasteiger partial charge is 0.126 e. The molecule has 0 N–H and O–H groups in total. The predicted molar refractivity (Wildman–Crippen MR) is 82.6 cm³/mol. The van der Waals surface area contributed by atoms with Gasteiger partial charge in [-0.05, 0) is 24.7 Å². The zero-order valence-corrected chi connectivity index (χ0v) is 12.2. The maximum Gasteiger partial charge on any atom is 0.126 e. The fourth-order valence-electron chi connectivity index (χ4n) is 2.91. The molecule has 4 heteroatoms. The molecule has 0 unspecified atom stereocenters. The minimum Gasteiger partial charge on any atom is -0.496 e. The number of aromatic nitrogens is 1. The van der Waals surface area contributed by atoms with Gasteiger partial charge in [0, 0.05) is 55.0 Å². The number of hydrogen-bond donors (Lipinski definition) is 0. The number of rotatable bonds is 3. The molecule has 1 aliphatic rings. The fraction of sp³-hybridized carbons (Fsp3) is 0.438. The van der Waals surface area contributed by atoms with Crippen LogP contribution >= 0.6 is 0 Å². The average molecular weight is 271 g/mol. The van der Waals surface area contributed by atoms with Crippen molar-refractivity contribution in [1.82, 2.24) is 9.88 Å². The number of anilines is 1. The van der Waals surface area contributed by atoms with E-state index in [1.54, 1.807) is 7.11 Å². The van der Waals surface area contributed by atoms with E-state index in [4.69, 9.17) is 4.74 Å². The Hall–Kier alpha value is -1.81. The maximum atomic E-state index is 5.45. The Balaban J connectivity index is 1.96. The van der Waals surface area contributed by atoms with Gasteiger partial charge in [0.2, 0.25) is 0 Å². The molecule has 2 aromatic rings. The Bertz CT molecular complexity index is 591. The molecule has 2 heterocycles. The molecule has 0 radical (unpaired) electrons. The Morgan fingerprint density at radius 3 is 2.60 bits per heavy atom. The van der Waals surface area contributed by atoms with E-state index in [0.717, 1.165) is 43.9 Å². The summed E-state index contributed by atoms with van der Waals surface area (Å²) in [6, 6.07) is 6.24. The Kier molecular flexibility index (Phi) is 3.74. The van der Waals surface area contributed by atoms with Crippen molar-refractivity contribution < 1.29 is 4.74 Å². The summed E-state index contributed by atoms with van der Waals surface area (Å²) < 4.78 is 5.45. The molecule has 0 bridgehead atoms. The highest BCUT2D eigenvalue weighted by Crippen LogP contribution is 2.33. The number of pyridine rings is 1. The second-order valence-corrected chi connectivity index (χ2v) is 5.13. The summed E-state index contributed by atoms with van der Waals surface area (Å²) in [6.07, 6.45) is 3.77. The van der Waals surface area contributed by atoms with E-state index in [2.05, 4.69) is 33.8 Å². The first-order valence-electron chi connectivity index (χ1n) is 7.21. The van der Waals surface area contributed by atoms with E-state index in [9.17, 15) is 0 Å². The molecule has 1 aliphatic heterocycles. The van der Waals surface area contributed by atoms with Crippen molar-refractivity contribution in [1.29, 1.82) is 0 Å². The molecule has 1 fully saturated rings. The van der Waals surface area contributed by atoms with Gasteiger partial charge in [0.25, 0.3) is 0 Å². The molecule has 0 aliphatic carbocycles. The normalized spacial score (nSPS) is 16.6. The second-order valence-electron chi connectivity index (χ2n) is 5.13. The van der Waals surface area contributed by atoms with Gasteiger partial charge in [-0.15, -0.1) is 0 Å². The van der Waals surface area contributed by atoms with E-state index in [0.29, 0.717) is 0 Å². The quantitative estimate of drug-likeness (QED) is 0.857. The molecule has 1 saturated heterocycles. The number of likely N-dealkylation sites (N-methyl/N-ethyl adjacent to an activating group) is 1. The maximum absolute atomic E-state index is 5.45. The van der Waals surface area contributed by atoms with Crippen molar-refractivity contribution in [2.45, 2.75) is 6.92 Å². The molecule has 0 atom stereocenters. The number of ether oxygens (including phenoxy) is 1. The molecule has 0 saturated carbocycles. The number of nitrogens with zero attached hydrogens (tertiary/aromatic N) is 3. The Labute approximate surface area is 120 Å². The number of fused-ring (bicyclic) bond motifs is 1. The first kappa shape index (κ1) is 13.2. The van der Waals surface area contributed by atoms with Crippen LogP contribution in [0, 0.1) is 0 Å². The van der Waals surface area contributed by atoms with Crippen molar-refractivity contribution in [2.24, 2.45) is 0 Å². The number of piperazine rings is 1. The lowest BCUT2D eigenvalue weighted by atomic mass is 10.1. The molecule has 0 spiro atoms. The molecule has 20 heavy (non-hydrogen) atoms. The van der Waals surface area contributed by atoms with Crippen molar-refractivity contribution in [3.63, 3.8) is 0 Å². The standard InChI is InChI=1S/C16H21N3O/c1-3-18-8-10-19(11-9-18)15-4-5-16(20-2)13-6-7-17-12-14(13)15/h4-7,12H,3,8-11H2,1-2H3. The Morgan fingerprint density at radius 1 is 1.10 bits per heavy atom. The van der Waals surface area contributed by atoms with Crippen molar-refractivity contribution in [3.8, 4) is 5.75 Å². The monoisotopic (exact) mass is 271 g/mol. The summed E-state index contributed by atoms with van der Waals surface area (Å²) in [5, 5.41) is 2.31. The van der Waals surface area contributed by atoms with E-state index >= 15 is 0 Å². The van der Waals surface area contributed by atoms with Gasteiger partial charge in [-0.3, -0.25) is 4.98 Å². The fourth-order valence-corrected chi connectivity index (χ4v) is 2.91. The highest BCUT2D eigenvalue weighted by atomic mass is 16.5. The van der Waals surface area contributed by atoms with Gasteiger partial charge in [-0.2, -0.15) is 0 Å². The van der Waals surface area contributed by atoms with Gasteiger partial charge in [0.1, 0.15) is 5.75 Å². The first-order chi connectivity index (χ1) is 9.83. The SMILES string of the molecule is CCN1CCN(c2ccc(OC)c3ccncc23)CC1. The van der Waals surface area contributed by atoms with Gasteiger partial charge < -0.3 is 14.5 Å². The van der Waals surface area contributed by atoms with Crippen LogP contribution in [0.15, 0.2) is 30.6 Å². The summed E-state index contributed by atoms with van der Waals surface area (Å²) in [5.74, 6) is 0.915. The molecule has 4 nitrogen and oxygen atoms in total. The van der Waals surface area contributed by atoms with Crippen LogP contribution in [0.4, 0.5) is 5.69 Å². The van der Waals surface area contributed by atoms with Crippen molar-refractivity contribution in [3.05, 3.63) is 30.6 Å². The van der Waals surface area contributed by atoms with E-state index < -0.39 is 0 Å². The summed E-state index contributed by atoms with van der Waals surface area (Å²) in [6.45, 7) is 7.77. The van der Waals surface area contributed by atoms with Crippen LogP contribution in [0.2, 0.25) is 0 Å². The summed E-state index contributed by atoms with van der Waals surface area (Å²) in [7, 11) is 1.72. The molecule has 3 rings (SSSR count). The molecule has 106 valence electrons. The van der Waals surface area contributed by atoms with Gasteiger partial charge in [-0.1, -0.05) is 6.92 Å². The second kappa shape index (κ2) is 5.67. The van der Waals surface area contributed by atoms with Crippen LogP contribution in [0.3, 0.4) is 0 Å².